The van der Waals surface area contributed by atoms with E-state index in [-0.39, 0.29) is 11.9 Å². The monoisotopic (exact) mass is 336 g/mol. The van der Waals surface area contributed by atoms with E-state index in [4.69, 9.17) is 0 Å². The standard InChI is InChI=1S/C18H20N6O/c25-18(7-4-14-3-1-2-9-19-14)23-11-8-15(13-23)21-16-5-6-17-20-10-12-24(17)22-16/h1-3,5-6,9-10,12,15H,4,7-8,11,13H2,(H,21,22). The second kappa shape index (κ2) is 6.88. The lowest BCUT2D eigenvalue weighted by Crippen LogP contribution is -2.32. The fourth-order valence-corrected chi connectivity index (χ4v) is 3.15. The van der Waals surface area contributed by atoms with Crippen molar-refractivity contribution in [2.24, 2.45) is 0 Å². The van der Waals surface area contributed by atoms with Gasteiger partial charge in [-0.25, -0.2) is 9.50 Å². The zero-order valence-electron chi connectivity index (χ0n) is 13.9. The molecule has 0 aromatic carbocycles. The highest BCUT2D eigenvalue weighted by atomic mass is 16.2. The predicted octanol–water partition coefficient (Wildman–Crippen LogP) is 1.77. The van der Waals surface area contributed by atoms with Crippen LogP contribution in [0.3, 0.4) is 0 Å². The molecule has 3 aromatic rings. The molecule has 1 aliphatic heterocycles. The summed E-state index contributed by atoms with van der Waals surface area (Å²) in [4.78, 5) is 22.8. The first-order valence-corrected chi connectivity index (χ1v) is 8.52. The summed E-state index contributed by atoms with van der Waals surface area (Å²) in [5, 5.41) is 7.89. The SMILES string of the molecule is O=C(CCc1ccccn1)N1CCC(Nc2ccc3nccn3n2)C1. The summed E-state index contributed by atoms with van der Waals surface area (Å²) >= 11 is 0. The first-order chi connectivity index (χ1) is 12.3. The molecule has 1 unspecified atom stereocenters. The average Bonchev–Trinajstić information content (AvgIpc) is 3.29. The number of nitrogens with one attached hydrogen (secondary N) is 1. The summed E-state index contributed by atoms with van der Waals surface area (Å²) in [6.45, 7) is 1.50. The number of nitrogens with zero attached hydrogens (tertiary/aromatic N) is 5. The Bertz CT molecular complexity index is 862. The van der Waals surface area contributed by atoms with Gasteiger partial charge in [0.05, 0.1) is 0 Å². The third-order valence-corrected chi connectivity index (χ3v) is 4.47. The van der Waals surface area contributed by atoms with Gasteiger partial charge in [-0.3, -0.25) is 9.78 Å². The Balaban J connectivity index is 1.30. The van der Waals surface area contributed by atoms with Crippen molar-refractivity contribution in [3.63, 3.8) is 0 Å². The van der Waals surface area contributed by atoms with Crippen LogP contribution in [0.15, 0.2) is 48.9 Å². The number of anilines is 1. The molecular formula is C18H20N6O. The van der Waals surface area contributed by atoms with E-state index in [9.17, 15) is 4.79 Å². The smallest absolute Gasteiger partial charge is 0.223 e. The molecule has 1 saturated heterocycles. The minimum Gasteiger partial charge on any atom is -0.364 e. The topological polar surface area (TPSA) is 75.4 Å². The van der Waals surface area contributed by atoms with Gasteiger partial charge in [-0.05, 0) is 37.1 Å². The van der Waals surface area contributed by atoms with Crippen LogP contribution in [0, 0.1) is 0 Å². The maximum Gasteiger partial charge on any atom is 0.223 e. The summed E-state index contributed by atoms with van der Waals surface area (Å²) < 4.78 is 1.74. The molecule has 1 aliphatic rings. The van der Waals surface area contributed by atoms with Crippen LogP contribution in [0.1, 0.15) is 18.5 Å². The number of aryl methyl sites for hydroxylation is 1. The molecule has 128 valence electrons. The maximum atomic E-state index is 12.4. The van der Waals surface area contributed by atoms with Crippen LogP contribution >= 0.6 is 0 Å². The third kappa shape index (κ3) is 3.60. The van der Waals surface area contributed by atoms with E-state index < -0.39 is 0 Å². The van der Waals surface area contributed by atoms with Crippen LogP contribution in [0.4, 0.5) is 5.82 Å². The van der Waals surface area contributed by atoms with Crippen LogP contribution in [-0.2, 0) is 11.2 Å². The highest BCUT2D eigenvalue weighted by Crippen LogP contribution is 2.16. The van der Waals surface area contributed by atoms with Gasteiger partial charge in [0.15, 0.2) is 5.65 Å². The lowest BCUT2D eigenvalue weighted by molar-refractivity contribution is -0.130. The van der Waals surface area contributed by atoms with E-state index in [1.54, 1.807) is 16.9 Å². The third-order valence-electron chi connectivity index (χ3n) is 4.47. The van der Waals surface area contributed by atoms with Gasteiger partial charge in [-0.15, -0.1) is 5.10 Å². The van der Waals surface area contributed by atoms with Crippen molar-refractivity contribution < 1.29 is 4.79 Å². The largest absolute Gasteiger partial charge is 0.364 e. The van der Waals surface area contributed by atoms with Crippen molar-refractivity contribution in [3.8, 4) is 0 Å². The van der Waals surface area contributed by atoms with Gasteiger partial charge in [0.2, 0.25) is 5.91 Å². The minimum atomic E-state index is 0.188. The zero-order chi connectivity index (χ0) is 17.1. The molecule has 4 heterocycles. The summed E-state index contributed by atoms with van der Waals surface area (Å²) in [6, 6.07) is 9.88. The number of likely N-dealkylation sites (tertiary alicyclic amines) is 1. The Morgan fingerprint density at radius 2 is 2.16 bits per heavy atom. The van der Waals surface area contributed by atoms with Gasteiger partial charge in [-0.2, -0.15) is 0 Å². The molecule has 0 bridgehead atoms. The van der Waals surface area contributed by atoms with Gasteiger partial charge in [0.25, 0.3) is 0 Å². The molecule has 0 radical (unpaired) electrons. The zero-order valence-corrected chi connectivity index (χ0v) is 13.9. The fourth-order valence-electron chi connectivity index (χ4n) is 3.15. The van der Waals surface area contributed by atoms with E-state index >= 15 is 0 Å². The predicted molar refractivity (Wildman–Crippen MR) is 94.2 cm³/mol. The van der Waals surface area contributed by atoms with Crippen molar-refractivity contribution in [3.05, 3.63) is 54.6 Å². The van der Waals surface area contributed by atoms with E-state index in [0.717, 1.165) is 30.1 Å². The number of pyridine rings is 1. The van der Waals surface area contributed by atoms with Crippen LogP contribution in [-0.4, -0.2) is 49.5 Å². The summed E-state index contributed by atoms with van der Waals surface area (Å²) in [7, 11) is 0. The van der Waals surface area contributed by atoms with Crippen LogP contribution in [0.25, 0.3) is 5.65 Å². The van der Waals surface area contributed by atoms with E-state index in [2.05, 4.69) is 20.4 Å². The second-order valence-corrected chi connectivity index (χ2v) is 6.24. The number of fused-ring (bicyclic) bond motifs is 1. The number of hydrogen-bond acceptors (Lipinski definition) is 5. The molecule has 4 rings (SSSR count). The van der Waals surface area contributed by atoms with Crippen molar-refractivity contribution in [2.75, 3.05) is 18.4 Å². The molecule has 7 heteroatoms. The van der Waals surface area contributed by atoms with Crippen molar-refractivity contribution in [1.82, 2.24) is 24.5 Å². The van der Waals surface area contributed by atoms with Gasteiger partial charge < -0.3 is 10.2 Å². The number of aromatic nitrogens is 4. The molecule has 7 nitrogen and oxygen atoms in total. The number of carbonyl (C=O) groups excluding carboxylic acids is 1. The molecule has 3 aromatic heterocycles. The molecule has 1 atom stereocenters. The van der Waals surface area contributed by atoms with E-state index in [1.807, 2.05) is 41.4 Å². The van der Waals surface area contributed by atoms with Crippen molar-refractivity contribution >= 4 is 17.4 Å². The van der Waals surface area contributed by atoms with Gasteiger partial charge in [-0.1, -0.05) is 6.07 Å². The number of rotatable bonds is 5. The Morgan fingerprint density at radius 1 is 1.20 bits per heavy atom. The summed E-state index contributed by atoms with van der Waals surface area (Å²) in [5.41, 5.74) is 1.78. The highest BCUT2D eigenvalue weighted by Gasteiger charge is 2.26. The van der Waals surface area contributed by atoms with E-state index in [0.29, 0.717) is 19.4 Å². The number of hydrogen-bond donors (Lipinski definition) is 1. The van der Waals surface area contributed by atoms with Crippen LogP contribution in [0.2, 0.25) is 0 Å². The summed E-state index contributed by atoms with van der Waals surface area (Å²) in [6.07, 6.45) is 7.43. The Morgan fingerprint density at radius 3 is 3.04 bits per heavy atom. The van der Waals surface area contributed by atoms with Crippen LogP contribution < -0.4 is 5.32 Å². The molecule has 1 N–H and O–H groups in total. The number of carbonyl (C=O) groups is 1. The number of imidazole rings is 1. The highest BCUT2D eigenvalue weighted by molar-refractivity contribution is 5.76. The molecule has 1 fully saturated rings. The number of amides is 1. The Kier molecular flexibility index (Phi) is 4.28. The Labute approximate surface area is 145 Å². The first kappa shape index (κ1) is 15.6. The molecule has 1 amide bonds. The van der Waals surface area contributed by atoms with E-state index in [1.165, 1.54) is 0 Å². The van der Waals surface area contributed by atoms with Crippen LogP contribution in [0.5, 0.6) is 0 Å². The van der Waals surface area contributed by atoms with Crippen molar-refractivity contribution in [1.29, 1.82) is 0 Å². The second-order valence-electron chi connectivity index (χ2n) is 6.24. The molecular weight excluding hydrogens is 316 g/mol. The maximum absolute atomic E-state index is 12.4. The normalized spacial score (nSPS) is 17.1. The van der Waals surface area contributed by atoms with Gasteiger partial charge >= 0.3 is 0 Å². The van der Waals surface area contributed by atoms with Gasteiger partial charge in [0, 0.05) is 49.8 Å². The lowest BCUT2D eigenvalue weighted by atomic mass is 10.2. The molecule has 0 saturated carbocycles. The lowest BCUT2D eigenvalue weighted by Gasteiger charge is -2.17. The molecule has 25 heavy (non-hydrogen) atoms. The molecule has 0 aliphatic carbocycles. The minimum absolute atomic E-state index is 0.188. The average molecular weight is 336 g/mol. The van der Waals surface area contributed by atoms with Gasteiger partial charge in [0.1, 0.15) is 5.82 Å². The summed E-state index contributed by atoms with van der Waals surface area (Å²) in [5.74, 6) is 0.992. The molecule has 0 spiro atoms. The fraction of sp³-hybridized carbons (Fsp3) is 0.333. The first-order valence-electron chi connectivity index (χ1n) is 8.52. The van der Waals surface area contributed by atoms with Crippen molar-refractivity contribution in [2.45, 2.75) is 25.3 Å². The Hall–Kier alpha value is -2.96. The quantitative estimate of drug-likeness (QED) is 0.768.